The predicted octanol–water partition coefficient (Wildman–Crippen LogP) is 2.97. The Bertz CT molecular complexity index is 777. The fourth-order valence-corrected chi connectivity index (χ4v) is 2.92. The van der Waals surface area contributed by atoms with Crippen LogP contribution in [0.1, 0.15) is 16.3 Å². The van der Waals surface area contributed by atoms with Gasteiger partial charge in [-0.05, 0) is 31.8 Å². The predicted molar refractivity (Wildman–Crippen MR) is 105 cm³/mol. The highest BCUT2D eigenvalue weighted by atomic mass is 32.1. The number of halogens is 3. The fraction of sp³-hybridized carbons (Fsp3) is 0.444. The second-order valence-corrected chi connectivity index (χ2v) is 7.15. The van der Waals surface area contributed by atoms with Crippen molar-refractivity contribution in [2.24, 2.45) is 4.99 Å². The maximum Gasteiger partial charge on any atom is 0.434 e. The minimum Gasteiger partial charge on any atom is -0.492 e. The Hall–Kier alpha value is -2.33. The average molecular weight is 415 g/mol. The van der Waals surface area contributed by atoms with Crippen molar-refractivity contribution >= 4 is 17.3 Å². The first-order valence-electron chi connectivity index (χ1n) is 8.60. The Kier molecular flexibility index (Phi) is 8.06. The highest BCUT2D eigenvalue weighted by molar-refractivity contribution is 7.09. The molecule has 0 aliphatic rings. The van der Waals surface area contributed by atoms with Crippen LogP contribution in [0.25, 0.3) is 0 Å². The number of hydrogen-bond acceptors (Lipinski definition) is 5. The molecule has 154 valence electrons. The second kappa shape index (κ2) is 10.3. The van der Waals surface area contributed by atoms with Gasteiger partial charge in [-0.15, -0.1) is 11.3 Å². The summed E-state index contributed by atoms with van der Waals surface area (Å²) in [6, 6.07) is 7.70. The monoisotopic (exact) mass is 415 g/mol. The lowest BCUT2D eigenvalue weighted by Gasteiger charge is -2.13. The van der Waals surface area contributed by atoms with Crippen molar-refractivity contribution in [1.29, 1.82) is 0 Å². The molecule has 0 saturated carbocycles. The molecule has 0 unspecified atom stereocenters. The molecule has 10 heteroatoms. The van der Waals surface area contributed by atoms with Crippen molar-refractivity contribution < 1.29 is 17.9 Å². The molecule has 1 heterocycles. The van der Waals surface area contributed by atoms with E-state index in [1.807, 2.05) is 43.3 Å². The summed E-state index contributed by atoms with van der Waals surface area (Å²) in [6.07, 6.45) is -4.42. The van der Waals surface area contributed by atoms with E-state index in [1.54, 1.807) is 7.05 Å². The lowest BCUT2D eigenvalue weighted by molar-refractivity contribution is -0.140. The van der Waals surface area contributed by atoms with Gasteiger partial charge in [0, 0.05) is 25.5 Å². The minimum absolute atomic E-state index is 0.161. The third-order valence-electron chi connectivity index (χ3n) is 3.64. The molecule has 28 heavy (non-hydrogen) atoms. The van der Waals surface area contributed by atoms with E-state index in [-0.39, 0.29) is 6.54 Å². The highest BCUT2D eigenvalue weighted by Crippen LogP contribution is 2.29. The Morgan fingerprint density at radius 3 is 2.64 bits per heavy atom. The number of likely N-dealkylation sites (N-methyl/N-ethyl adjacent to an activating group) is 1. The number of nitrogens with one attached hydrogen (secondary N) is 2. The van der Waals surface area contributed by atoms with Crippen molar-refractivity contribution in [3.05, 3.63) is 45.9 Å². The molecule has 2 rings (SSSR count). The van der Waals surface area contributed by atoms with Crippen LogP contribution < -0.4 is 15.4 Å². The molecule has 1 aromatic carbocycles. The summed E-state index contributed by atoms with van der Waals surface area (Å²) >= 11 is 0.958. The lowest BCUT2D eigenvalue weighted by atomic mass is 10.2. The Labute approximate surface area is 166 Å². The van der Waals surface area contributed by atoms with Crippen LogP contribution in [0.15, 0.2) is 34.6 Å². The van der Waals surface area contributed by atoms with Crippen LogP contribution in [0, 0.1) is 0 Å². The minimum atomic E-state index is -4.42. The summed E-state index contributed by atoms with van der Waals surface area (Å²) in [5.74, 6) is 1.26. The van der Waals surface area contributed by atoms with E-state index in [0.717, 1.165) is 34.6 Å². The van der Waals surface area contributed by atoms with Crippen molar-refractivity contribution in [2.75, 3.05) is 34.3 Å². The van der Waals surface area contributed by atoms with Crippen molar-refractivity contribution in [3.8, 4) is 5.75 Å². The molecule has 0 amide bonds. The summed E-state index contributed by atoms with van der Waals surface area (Å²) < 4.78 is 43.5. The summed E-state index contributed by atoms with van der Waals surface area (Å²) in [7, 11) is 5.56. The molecule has 0 aliphatic carbocycles. The zero-order valence-corrected chi connectivity index (χ0v) is 16.8. The van der Waals surface area contributed by atoms with Crippen LogP contribution in [0.4, 0.5) is 13.2 Å². The van der Waals surface area contributed by atoms with Crippen molar-refractivity contribution in [3.63, 3.8) is 0 Å². The van der Waals surface area contributed by atoms with Crippen molar-refractivity contribution in [1.82, 2.24) is 20.5 Å². The molecular formula is C18H24F3N5OS. The average Bonchev–Trinajstić information content (AvgIpc) is 3.11. The summed E-state index contributed by atoms with van der Waals surface area (Å²) in [4.78, 5) is 9.71. The van der Waals surface area contributed by atoms with Gasteiger partial charge in [-0.2, -0.15) is 13.2 Å². The van der Waals surface area contributed by atoms with Crippen LogP contribution >= 0.6 is 11.3 Å². The van der Waals surface area contributed by atoms with E-state index in [0.29, 0.717) is 24.1 Å². The number of thiazole rings is 1. The highest BCUT2D eigenvalue weighted by Gasteiger charge is 2.33. The number of aliphatic imine (C=N–C) groups is 1. The largest absolute Gasteiger partial charge is 0.492 e. The maximum absolute atomic E-state index is 12.6. The first-order valence-corrected chi connectivity index (χ1v) is 9.48. The van der Waals surface area contributed by atoms with Gasteiger partial charge in [0.2, 0.25) is 0 Å². The van der Waals surface area contributed by atoms with Crippen molar-refractivity contribution in [2.45, 2.75) is 19.3 Å². The molecule has 1 aromatic heterocycles. The number of ether oxygens (including phenoxy) is 1. The lowest BCUT2D eigenvalue weighted by Crippen LogP contribution is -2.36. The molecule has 0 saturated heterocycles. The SMILES string of the molecule is CN=C(NCc1cccc(OCCN(C)C)c1)NCc1nc(C(F)(F)F)cs1. The first-order chi connectivity index (χ1) is 13.3. The summed E-state index contributed by atoms with van der Waals surface area (Å²) in [5.41, 5.74) is 0.127. The second-order valence-electron chi connectivity index (χ2n) is 6.20. The Balaban J connectivity index is 1.83. The van der Waals surface area contributed by atoms with Gasteiger partial charge in [0.05, 0.1) is 6.54 Å². The van der Waals surface area contributed by atoms with Crippen LogP contribution in [-0.2, 0) is 19.3 Å². The summed E-state index contributed by atoms with van der Waals surface area (Å²) in [5, 5.41) is 7.44. The smallest absolute Gasteiger partial charge is 0.434 e. The normalized spacial score (nSPS) is 12.3. The number of hydrogen-bond donors (Lipinski definition) is 2. The third kappa shape index (κ3) is 7.35. The van der Waals surface area contributed by atoms with Crippen LogP contribution in [0.5, 0.6) is 5.75 Å². The Morgan fingerprint density at radius 2 is 2.00 bits per heavy atom. The number of nitrogens with zero attached hydrogens (tertiary/aromatic N) is 3. The maximum atomic E-state index is 12.6. The number of benzene rings is 1. The van der Waals surface area contributed by atoms with E-state index in [2.05, 4.69) is 20.6 Å². The number of rotatable bonds is 8. The number of guanidine groups is 1. The molecule has 6 nitrogen and oxygen atoms in total. The van der Waals surface area contributed by atoms with E-state index < -0.39 is 11.9 Å². The van der Waals surface area contributed by atoms with Gasteiger partial charge in [0.25, 0.3) is 0 Å². The fourth-order valence-electron chi connectivity index (χ4n) is 2.18. The standard InChI is InChI=1S/C18H24F3N5OS/c1-22-17(24-11-16-25-15(12-28-16)18(19,20)21)23-10-13-5-4-6-14(9-13)27-8-7-26(2)3/h4-6,9,12H,7-8,10-11H2,1-3H3,(H2,22,23,24). The third-order valence-corrected chi connectivity index (χ3v) is 4.49. The molecule has 0 fully saturated rings. The van der Waals surface area contributed by atoms with Gasteiger partial charge < -0.3 is 20.3 Å². The molecular weight excluding hydrogens is 391 g/mol. The molecule has 0 bridgehead atoms. The Morgan fingerprint density at radius 1 is 1.25 bits per heavy atom. The van der Waals surface area contributed by atoms with Gasteiger partial charge in [-0.3, -0.25) is 4.99 Å². The molecule has 0 aliphatic heterocycles. The van der Waals surface area contributed by atoms with Gasteiger partial charge in [0.15, 0.2) is 11.7 Å². The van der Waals surface area contributed by atoms with Crippen LogP contribution in [0.2, 0.25) is 0 Å². The van der Waals surface area contributed by atoms with Gasteiger partial charge in [-0.1, -0.05) is 12.1 Å². The number of alkyl halides is 3. The van der Waals surface area contributed by atoms with E-state index in [1.165, 1.54) is 0 Å². The van der Waals surface area contributed by atoms with Crippen LogP contribution in [0.3, 0.4) is 0 Å². The summed E-state index contributed by atoms with van der Waals surface area (Å²) in [6.45, 7) is 2.08. The van der Waals surface area contributed by atoms with Gasteiger partial charge in [0.1, 0.15) is 17.4 Å². The topological polar surface area (TPSA) is 61.8 Å². The van der Waals surface area contributed by atoms with E-state index in [9.17, 15) is 13.2 Å². The molecule has 2 N–H and O–H groups in total. The quantitative estimate of drug-likeness (QED) is 0.513. The zero-order chi connectivity index (χ0) is 20.6. The molecule has 0 radical (unpaired) electrons. The van der Waals surface area contributed by atoms with Gasteiger partial charge in [-0.25, -0.2) is 4.98 Å². The first kappa shape index (κ1) is 22.0. The van der Waals surface area contributed by atoms with E-state index in [4.69, 9.17) is 4.74 Å². The molecule has 0 spiro atoms. The van der Waals surface area contributed by atoms with Crippen LogP contribution in [-0.4, -0.2) is 50.1 Å². The van der Waals surface area contributed by atoms with E-state index >= 15 is 0 Å². The number of aromatic nitrogens is 1. The molecule has 2 aromatic rings. The van der Waals surface area contributed by atoms with Gasteiger partial charge >= 0.3 is 6.18 Å². The molecule has 0 atom stereocenters. The zero-order valence-electron chi connectivity index (χ0n) is 16.0.